The Balaban J connectivity index is 2.06. The van der Waals surface area contributed by atoms with Gasteiger partial charge in [-0.05, 0) is 31.3 Å². The van der Waals surface area contributed by atoms with Gasteiger partial charge in [0, 0.05) is 5.92 Å². The molecule has 3 rings (SSSR count). The van der Waals surface area contributed by atoms with Crippen LogP contribution in [-0.2, 0) is 14.3 Å². The van der Waals surface area contributed by atoms with E-state index in [-0.39, 0.29) is 41.5 Å². The number of allylic oxidation sites excluding steroid dienone is 2. The first-order valence-corrected chi connectivity index (χ1v) is 6.98. The van der Waals surface area contributed by atoms with Gasteiger partial charge in [0.05, 0.1) is 17.4 Å². The Kier molecular flexibility index (Phi) is 2.65. The Hall–Kier alpha value is -1.16. The highest BCUT2D eigenvalue weighted by Gasteiger charge is 2.60. The van der Waals surface area contributed by atoms with Crippen molar-refractivity contribution in [3.8, 4) is 0 Å². The lowest BCUT2D eigenvalue weighted by Gasteiger charge is -2.37. The van der Waals surface area contributed by atoms with E-state index < -0.39 is 11.5 Å². The van der Waals surface area contributed by atoms with Crippen molar-refractivity contribution in [1.82, 2.24) is 0 Å². The molecule has 0 amide bonds. The largest absolute Gasteiger partial charge is 0.462 e. The number of ether oxygens (including phenoxy) is 1. The van der Waals surface area contributed by atoms with Crippen LogP contribution in [0.4, 0.5) is 0 Å². The first kappa shape index (κ1) is 12.9. The average molecular weight is 264 g/mol. The number of carbonyl (C=O) groups is 2. The van der Waals surface area contributed by atoms with Gasteiger partial charge in [0.25, 0.3) is 0 Å². The number of hydrogen-bond donors (Lipinski definition) is 1. The van der Waals surface area contributed by atoms with Crippen LogP contribution in [0, 0.1) is 29.1 Å². The summed E-state index contributed by atoms with van der Waals surface area (Å²) in [7, 11) is 0. The van der Waals surface area contributed by atoms with Crippen molar-refractivity contribution in [2.75, 3.05) is 0 Å². The highest BCUT2D eigenvalue weighted by atomic mass is 16.6. The maximum absolute atomic E-state index is 12.2. The summed E-state index contributed by atoms with van der Waals surface area (Å²) in [5.41, 5.74) is -0.804. The molecule has 0 aromatic heterocycles. The smallest absolute Gasteiger partial charge is 0.309 e. The summed E-state index contributed by atoms with van der Waals surface area (Å²) in [6.07, 6.45) is 3.15. The predicted octanol–water partition coefficient (Wildman–Crippen LogP) is 1.33. The summed E-state index contributed by atoms with van der Waals surface area (Å²) >= 11 is 0. The van der Waals surface area contributed by atoms with Gasteiger partial charge in [-0.15, -0.1) is 0 Å². The summed E-state index contributed by atoms with van der Waals surface area (Å²) in [4.78, 5) is 24.0. The van der Waals surface area contributed by atoms with Crippen LogP contribution < -0.4 is 0 Å². The topological polar surface area (TPSA) is 63.6 Å². The number of aliphatic hydroxyl groups is 1. The fraction of sp³-hybridized carbons (Fsp3) is 0.733. The molecule has 4 nitrogen and oxygen atoms in total. The molecule has 0 aromatic rings. The zero-order valence-electron chi connectivity index (χ0n) is 11.5. The second-order valence-electron chi connectivity index (χ2n) is 6.53. The molecule has 2 fully saturated rings. The molecule has 0 unspecified atom stereocenters. The van der Waals surface area contributed by atoms with Crippen LogP contribution in [-0.4, -0.2) is 29.1 Å². The summed E-state index contributed by atoms with van der Waals surface area (Å²) in [6, 6.07) is 0. The minimum Gasteiger partial charge on any atom is -0.462 e. The van der Waals surface area contributed by atoms with Gasteiger partial charge in [-0.3, -0.25) is 9.59 Å². The van der Waals surface area contributed by atoms with Crippen LogP contribution in [0.3, 0.4) is 0 Å². The molecular weight excluding hydrogens is 244 g/mol. The Morgan fingerprint density at radius 3 is 2.74 bits per heavy atom. The highest BCUT2D eigenvalue weighted by molar-refractivity contribution is 5.98. The fourth-order valence-electron chi connectivity index (χ4n) is 4.27. The molecule has 1 saturated heterocycles. The summed E-state index contributed by atoms with van der Waals surface area (Å²) in [5, 5.41) is 10.8. The molecule has 1 N–H and O–H groups in total. The molecule has 0 bridgehead atoms. The number of fused-ring (bicyclic) bond motifs is 2. The molecular formula is C15H20O4. The van der Waals surface area contributed by atoms with E-state index in [1.165, 1.54) is 0 Å². The van der Waals surface area contributed by atoms with Gasteiger partial charge in [-0.1, -0.05) is 19.9 Å². The average Bonchev–Trinajstić information content (AvgIpc) is 2.77. The number of rotatable bonds is 0. The number of esters is 1. The molecule has 0 radical (unpaired) electrons. The zero-order valence-corrected chi connectivity index (χ0v) is 11.5. The summed E-state index contributed by atoms with van der Waals surface area (Å²) in [5.74, 6) is -0.627. The molecule has 2 aliphatic carbocycles. The minimum atomic E-state index is -0.823. The van der Waals surface area contributed by atoms with Gasteiger partial charge in [0.15, 0.2) is 5.78 Å². The molecule has 0 spiro atoms. The first-order chi connectivity index (χ1) is 8.87. The number of carbonyl (C=O) groups excluding carboxylic acids is 2. The van der Waals surface area contributed by atoms with E-state index in [9.17, 15) is 14.7 Å². The van der Waals surface area contributed by atoms with Crippen LogP contribution in [0.1, 0.15) is 27.2 Å². The lowest BCUT2D eigenvalue weighted by Crippen LogP contribution is -2.47. The highest BCUT2D eigenvalue weighted by Crippen LogP contribution is 2.53. The lowest BCUT2D eigenvalue weighted by molar-refractivity contribution is -0.144. The third-order valence-corrected chi connectivity index (χ3v) is 5.52. The number of ketones is 1. The zero-order chi connectivity index (χ0) is 13.9. The van der Waals surface area contributed by atoms with Gasteiger partial charge < -0.3 is 9.84 Å². The lowest BCUT2D eigenvalue weighted by atomic mass is 9.67. The number of hydrogen-bond acceptors (Lipinski definition) is 4. The van der Waals surface area contributed by atoms with E-state index in [0.29, 0.717) is 0 Å². The SMILES string of the molecule is C[C@@H]1C(=O)O[C@@H]2C[C@H](C)[C@@H]3C=CC(=O)[C@@]3(C)[C@@H](O)[C@H]12. The van der Waals surface area contributed by atoms with Crippen molar-refractivity contribution in [2.45, 2.75) is 39.4 Å². The van der Waals surface area contributed by atoms with Crippen molar-refractivity contribution < 1.29 is 19.4 Å². The van der Waals surface area contributed by atoms with Gasteiger partial charge in [-0.25, -0.2) is 0 Å². The minimum absolute atomic E-state index is 0.0240. The van der Waals surface area contributed by atoms with Crippen molar-refractivity contribution in [1.29, 1.82) is 0 Å². The van der Waals surface area contributed by atoms with Crippen LogP contribution >= 0.6 is 0 Å². The molecule has 0 aromatic carbocycles. The molecule has 1 saturated carbocycles. The van der Waals surface area contributed by atoms with E-state index in [4.69, 9.17) is 4.74 Å². The van der Waals surface area contributed by atoms with Crippen molar-refractivity contribution in [3.05, 3.63) is 12.2 Å². The third kappa shape index (κ3) is 1.49. The molecule has 7 atom stereocenters. The van der Waals surface area contributed by atoms with Crippen molar-refractivity contribution >= 4 is 11.8 Å². The van der Waals surface area contributed by atoms with E-state index in [1.54, 1.807) is 13.0 Å². The van der Waals surface area contributed by atoms with E-state index in [1.807, 2.05) is 13.0 Å². The summed E-state index contributed by atoms with van der Waals surface area (Å²) < 4.78 is 5.41. The van der Waals surface area contributed by atoms with Gasteiger partial charge in [0.2, 0.25) is 0 Å². The molecule has 4 heteroatoms. The van der Waals surface area contributed by atoms with Crippen LogP contribution in [0.15, 0.2) is 12.2 Å². The Labute approximate surface area is 112 Å². The predicted molar refractivity (Wildman–Crippen MR) is 68.1 cm³/mol. The van der Waals surface area contributed by atoms with E-state index in [2.05, 4.69) is 6.92 Å². The monoisotopic (exact) mass is 264 g/mol. The molecule has 104 valence electrons. The Morgan fingerprint density at radius 2 is 2.05 bits per heavy atom. The molecule has 1 heterocycles. The Bertz CT molecular complexity index is 469. The second kappa shape index (κ2) is 3.92. The van der Waals surface area contributed by atoms with Gasteiger partial charge >= 0.3 is 5.97 Å². The summed E-state index contributed by atoms with van der Waals surface area (Å²) in [6.45, 7) is 5.69. The maximum atomic E-state index is 12.2. The number of aliphatic hydroxyl groups excluding tert-OH is 1. The van der Waals surface area contributed by atoms with Crippen LogP contribution in [0.25, 0.3) is 0 Å². The van der Waals surface area contributed by atoms with Crippen molar-refractivity contribution in [3.63, 3.8) is 0 Å². The third-order valence-electron chi connectivity index (χ3n) is 5.52. The van der Waals surface area contributed by atoms with Gasteiger partial charge in [-0.2, -0.15) is 0 Å². The molecule has 19 heavy (non-hydrogen) atoms. The van der Waals surface area contributed by atoms with E-state index >= 15 is 0 Å². The van der Waals surface area contributed by atoms with Crippen molar-refractivity contribution in [2.24, 2.45) is 29.1 Å². The molecule has 3 aliphatic rings. The van der Waals surface area contributed by atoms with Gasteiger partial charge in [0.1, 0.15) is 6.10 Å². The quantitative estimate of drug-likeness (QED) is 0.670. The van der Waals surface area contributed by atoms with Crippen LogP contribution in [0.2, 0.25) is 0 Å². The standard InChI is InChI=1S/C15H20O4/c1-7-6-10-12(8(2)14(18)19-10)13(17)15(3)9(7)4-5-11(15)16/h4-5,7-10,12-13,17H,6H2,1-3H3/t7-,8-,9-,10+,12+,13-,15-/m0/s1. The van der Waals surface area contributed by atoms with Crippen LogP contribution in [0.5, 0.6) is 0 Å². The Morgan fingerprint density at radius 1 is 1.37 bits per heavy atom. The normalized spacial score (nSPS) is 52.6. The maximum Gasteiger partial charge on any atom is 0.309 e. The molecule has 1 aliphatic heterocycles. The van der Waals surface area contributed by atoms with E-state index in [0.717, 1.165) is 6.42 Å². The fourth-order valence-corrected chi connectivity index (χ4v) is 4.27. The first-order valence-electron chi connectivity index (χ1n) is 6.98. The second-order valence-corrected chi connectivity index (χ2v) is 6.53.